The second-order valence-corrected chi connectivity index (χ2v) is 4.51. The van der Waals surface area contributed by atoms with Crippen molar-refractivity contribution in [1.82, 2.24) is 0 Å². The molecular formula is C7H10Cl2O2. The van der Waals surface area contributed by atoms with Crippen LogP contribution < -0.4 is 0 Å². The zero-order chi connectivity index (χ0) is 8.70. The van der Waals surface area contributed by atoms with Crippen LogP contribution in [0.5, 0.6) is 0 Å². The van der Waals surface area contributed by atoms with Gasteiger partial charge in [-0.15, -0.1) is 23.2 Å². The van der Waals surface area contributed by atoms with Gasteiger partial charge in [0.1, 0.15) is 4.33 Å². The van der Waals surface area contributed by atoms with E-state index in [1.807, 2.05) is 0 Å². The Morgan fingerprint density at radius 2 is 2.00 bits per heavy atom. The van der Waals surface area contributed by atoms with Crippen molar-refractivity contribution in [3.8, 4) is 0 Å². The van der Waals surface area contributed by atoms with Crippen LogP contribution in [-0.4, -0.2) is 17.4 Å². The van der Waals surface area contributed by atoms with E-state index in [1.165, 1.54) is 7.11 Å². The molecule has 0 spiro atoms. The second kappa shape index (κ2) is 2.53. The lowest BCUT2D eigenvalue weighted by Crippen LogP contribution is -2.53. The molecule has 11 heavy (non-hydrogen) atoms. The summed E-state index contributed by atoms with van der Waals surface area (Å²) < 4.78 is 3.65. The highest BCUT2D eigenvalue weighted by Crippen LogP contribution is 2.57. The van der Waals surface area contributed by atoms with Crippen molar-refractivity contribution < 1.29 is 9.53 Å². The summed E-state index contributed by atoms with van der Waals surface area (Å²) in [6.07, 6.45) is 1.36. The van der Waals surface area contributed by atoms with E-state index in [2.05, 4.69) is 4.74 Å². The minimum absolute atomic E-state index is 0.325. The van der Waals surface area contributed by atoms with Gasteiger partial charge in [-0.05, 0) is 19.8 Å². The molecule has 0 heterocycles. The van der Waals surface area contributed by atoms with E-state index in [9.17, 15) is 4.79 Å². The summed E-state index contributed by atoms with van der Waals surface area (Å²) in [5.74, 6) is -0.325. The molecule has 64 valence electrons. The average molecular weight is 197 g/mol. The van der Waals surface area contributed by atoms with Gasteiger partial charge in [0, 0.05) is 0 Å². The van der Waals surface area contributed by atoms with E-state index in [0.717, 1.165) is 0 Å². The third-order valence-corrected chi connectivity index (χ3v) is 3.59. The molecule has 0 aromatic rings. The van der Waals surface area contributed by atoms with Gasteiger partial charge in [0.05, 0.1) is 12.5 Å². The molecule has 1 rings (SSSR count). The van der Waals surface area contributed by atoms with Gasteiger partial charge in [-0.3, -0.25) is 4.79 Å². The fourth-order valence-corrected chi connectivity index (χ4v) is 1.70. The number of halogens is 2. The van der Waals surface area contributed by atoms with Crippen molar-refractivity contribution in [3.05, 3.63) is 0 Å². The van der Waals surface area contributed by atoms with Crippen molar-refractivity contribution in [1.29, 1.82) is 0 Å². The maximum Gasteiger partial charge on any atom is 0.314 e. The molecule has 1 saturated carbocycles. The molecule has 0 amide bonds. The number of rotatable bonds is 1. The van der Waals surface area contributed by atoms with Gasteiger partial charge in [0.25, 0.3) is 0 Å². The van der Waals surface area contributed by atoms with Crippen molar-refractivity contribution in [3.63, 3.8) is 0 Å². The summed E-state index contributed by atoms with van der Waals surface area (Å²) in [5, 5.41) is 0. The van der Waals surface area contributed by atoms with Crippen LogP contribution in [0.4, 0.5) is 0 Å². The van der Waals surface area contributed by atoms with Gasteiger partial charge in [-0.2, -0.15) is 0 Å². The first-order valence-electron chi connectivity index (χ1n) is 3.40. The first-order valence-corrected chi connectivity index (χ1v) is 4.16. The van der Waals surface area contributed by atoms with Gasteiger partial charge >= 0.3 is 5.97 Å². The van der Waals surface area contributed by atoms with Gasteiger partial charge < -0.3 is 4.74 Å². The minimum atomic E-state index is -0.930. The lowest BCUT2D eigenvalue weighted by Gasteiger charge is -2.47. The predicted octanol–water partition coefficient (Wildman–Crippen LogP) is 2.13. The van der Waals surface area contributed by atoms with E-state index in [-0.39, 0.29) is 5.97 Å². The fourth-order valence-electron chi connectivity index (χ4n) is 1.17. The number of hydrogen-bond acceptors (Lipinski definition) is 2. The molecule has 0 aromatic heterocycles. The predicted molar refractivity (Wildman–Crippen MR) is 43.8 cm³/mol. The topological polar surface area (TPSA) is 26.3 Å². The van der Waals surface area contributed by atoms with Crippen LogP contribution in [0.1, 0.15) is 19.8 Å². The quantitative estimate of drug-likeness (QED) is 0.475. The van der Waals surface area contributed by atoms with Crippen molar-refractivity contribution in [2.75, 3.05) is 7.11 Å². The van der Waals surface area contributed by atoms with Crippen molar-refractivity contribution in [2.45, 2.75) is 24.1 Å². The number of ether oxygens (including phenoxy) is 1. The van der Waals surface area contributed by atoms with Crippen LogP contribution in [0.3, 0.4) is 0 Å². The maximum absolute atomic E-state index is 11.1. The smallest absolute Gasteiger partial charge is 0.314 e. The molecule has 0 saturated heterocycles. The molecule has 1 aliphatic carbocycles. The Balaban J connectivity index is 2.77. The normalized spacial score (nSPS) is 34.2. The summed E-state index contributed by atoms with van der Waals surface area (Å²) in [7, 11) is 1.34. The van der Waals surface area contributed by atoms with Gasteiger partial charge in [-0.25, -0.2) is 0 Å². The van der Waals surface area contributed by atoms with Crippen LogP contribution in [0.25, 0.3) is 0 Å². The largest absolute Gasteiger partial charge is 0.469 e. The van der Waals surface area contributed by atoms with Crippen LogP contribution in [-0.2, 0) is 9.53 Å². The SMILES string of the molecule is COC(=O)C1(C)CCC1(Cl)Cl. The Bertz CT molecular complexity index is 191. The summed E-state index contributed by atoms with van der Waals surface area (Å²) in [4.78, 5) is 11.1. The Morgan fingerprint density at radius 3 is 2.09 bits per heavy atom. The molecule has 0 bridgehead atoms. The lowest BCUT2D eigenvalue weighted by molar-refractivity contribution is -0.157. The van der Waals surface area contributed by atoms with Crippen LogP contribution in [0.15, 0.2) is 0 Å². The van der Waals surface area contributed by atoms with E-state index in [4.69, 9.17) is 23.2 Å². The third-order valence-electron chi connectivity index (χ3n) is 2.38. The van der Waals surface area contributed by atoms with Crippen LogP contribution in [0, 0.1) is 5.41 Å². The highest BCUT2D eigenvalue weighted by Gasteiger charge is 2.59. The summed E-state index contributed by atoms with van der Waals surface area (Å²) >= 11 is 11.7. The Labute approximate surface area is 75.8 Å². The molecule has 2 nitrogen and oxygen atoms in total. The van der Waals surface area contributed by atoms with E-state index in [1.54, 1.807) is 6.92 Å². The molecule has 1 fully saturated rings. The summed E-state index contributed by atoms with van der Waals surface area (Å²) in [6.45, 7) is 1.72. The lowest BCUT2D eigenvalue weighted by atomic mass is 9.69. The first-order chi connectivity index (χ1) is 4.94. The van der Waals surface area contributed by atoms with Crippen LogP contribution >= 0.6 is 23.2 Å². The molecule has 1 atom stereocenters. The summed E-state index contributed by atoms with van der Waals surface area (Å²) in [6, 6.07) is 0. The number of esters is 1. The minimum Gasteiger partial charge on any atom is -0.469 e. The molecule has 0 aliphatic heterocycles. The molecule has 1 unspecified atom stereocenters. The molecule has 0 aromatic carbocycles. The highest BCUT2D eigenvalue weighted by atomic mass is 35.5. The third kappa shape index (κ3) is 1.13. The average Bonchev–Trinajstić information content (AvgIpc) is 1.99. The molecular weight excluding hydrogens is 187 g/mol. The molecule has 1 aliphatic rings. The molecule has 0 N–H and O–H groups in total. The van der Waals surface area contributed by atoms with E-state index >= 15 is 0 Å². The van der Waals surface area contributed by atoms with Gasteiger partial charge in [0.15, 0.2) is 0 Å². The van der Waals surface area contributed by atoms with Gasteiger partial charge in [-0.1, -0.05) is 0 Å². The van der Waals surface area contributed by atoms with E-state index in [0.29, 0.717) is 12.8 Å². The Morgan fingerprint density at radius 1 is 1.45 bits per heavy atom. The van der Waals surface area contributed by atoms with Crippen molar-refractivity contribution in [2.24, 2.45) is 5.41 Å². The number of carbonyl (C=O) groups is 1. The first kappa shape index (κ1) is 9.14. The number of carbonyl (C=O) groups excluding carboxylic acids is 1. The number of hydrogen-bond donors (Lipinski definition) is 0. The summed E-state index contributed by atoms with van der Waals surface area (Å²) in [5.41, 5.74) is -0.704. The van der Waals surface area contributed by atoms with E-state index < -0.39 is 9.75 Å². The van der Waals surface area contributed by atoms with Crippen LogP contribution in [0.2, 0.25) is 0 Å². The zero-order valence-corrected chi connectivity index (χ0v) is 8.00. The highest BCUT2D eigenvalue weighted by molar-refractivity contribution is 6.50. The maximum atomic E-state index is 11.1. The fraction of sp³-hybridized carbons (Fsp3) is 0.857. The Hall–Kier alpha value is 0.0500. The second-order valence-electron chi connectivity index (χ2n) is 3.03. The monoisotopic (exact) mass is 196 g/mol. The van der Waals surface area contributed by atoms with Crippen molar-refractivity contribution >= 4 is 29.2 Å². The Kier molecular flexibility index (Phi) is 2.10. The number of alkyl halides is 2. The standard InChI is InChI=1S/C7H10Cl2O2/c1-6(5(10)11-2)3-4-7(6,8)9/h3-4H2,1-2H3. The molecule has 0 radical (unpaired) electrons. The molecule has 4 heteroatoms. The zero-order valence-electron chi connectivity index (χ0n) is 6.49. The van der Waals surface area contributed by atoms with Gasteiger partial charge in [0.2, 0.25) is 0 Å². The number of methoxy groups -OCH3 is 1.